The third kappa shape index (κ3) is 4.65. The van der Waals surface area contributed by atoms with Crippen LogP contribution in [0.25, 0.3) is 0 Å². The van der Waals surface area contributed by atoms with Crippen LogP contribution >= 0.6 is 0 Å². The van der Waals surface area contributed by atoms with E-state index in [1.54, 1.807) is 4.90 Å². The van der Waals surface area contributed by atoms with Crippen molar-refractivity contribution in [1.29, 1.82) is 0 Å². The number of amides is 1. The number of rotatable bonds is 3. The van der Waals surface area contributed by atoms with Gasteiger partial charge in [-0.1, -0.05) is 32.4 Å². The third-order valence-electron chi connectivity index (χ3n) is 2.60. The summed E-state index contributed by atoms with van der Waals surface area (Å²) in [5.74, 6) is 0.228. The van der Waals surface area contributed by atoms with Gasteiger partial charge in [-0.3, -0.25) is 4.79 Å². The van der Waals surface area contributed by atoms with Crippen LogP contribution in [0.2, 0.25) is 0 Å². The van der Waals surface area contributed by atoms with Crippen LogP contribution in [0.5, 0.6) is 0 Å². The zero-order chi connectivity index (χ0) is 12.6. The van der Waals surface area contributed by atoms with Crippen molar-refractivity contribution in [3.63, 3.8) is 0 Å². The quantitative estimate of drug-likeness (QED) is 0.710. The molecule has 0 aromatic rings. The summed E-state index contributed by atoms with van der Waals surface area (Å²) in [6, 6.07) is 0. The highest BCUT2D eigenvalue weighted by Crippen LogP contribution is 2.20. The van der Waals surface area contributed by atoms with E-state index in [1.165, 1.54) is 5.57 Å². The van der Waals surface area contributed by atoms with Gasteiger partial charge in [-0.25, -0.2) is 0 Å². The van der Waals surface area contributed by atoms with E-state index in [4.69, 9.17) is 0 Å². The fourth-order valence-electron chi connectivity index (χ4n) is 1.55. The summed E-state index contributed by atoms with van der Waals surface area (Å²) in [7, 11) is 1.87. The molecule has 1 amide bonds. The van der Waals surface area contributed by atoms with Gasteiger partial charge < -0.3 is 4.90 Å². The molecule has 0 heterocycles. The number of hydrogen-bond acceptors (Lipinski definition) is 1. The molecule has 0 saturated carbocycles. The van der Waals surface area contributed by atoms with Crippen molar-refractivity contribution in [3.05, 3.63) is 23.4 Å². The van der Waals surface area contributed by atoms with Crippen LogP contribution in [0.15, 0.2) is 23.4 Å². The van der Waals surface area contributed by atoms with Crippen LogP contribution in [-0.2, 0) is 4.79 Å². The first kappa shape index (κ1) is 14.9. The molecular formula is C14H25NO. The van der Waals surface area contributed by atoms with E-state index in [2.05, 4.69) is 19.1 Å². The van der Waals surface area contributed by atoms with E-state index in [0.717, 1.165) is 25.0 Å². The molecule has 16 heavy (non-hydrogen) atoms. The lowest BCUT2D eigenvalue weighted by atomic mass is 10.0. The molecule has 2 nitrogen and oxygen atoms in total. The van der Waals surface area contributed by atoms with Crippen LogP contribution in [0.1, 0.15) is 53.4 Å². The zero-order valence-electron chi connectivity index (χ0n) is 11.3. The van der Waals surface area contributed by atoms with Crippen LogP contribution in [0, 0.1) is 0 Å². The number of nitrogens with zero attached hydrogens (tertiary/aromatic N) is 1. The molecule has 1 aliphatic rings. The highest BCUT2D eigenvalue weighted by atomic mass is 16.2. The SMILES string of the molecule is CC.CCCC(=O)N(C)C1=CC=C(C)CC1. The molecule has 0 radical (unpaired) electrons. The van der Waals surface area contributed by atoms with Gasteiger partial charge in [0.2, 0.25) is 5.91 Å². The smallest absolute Gasteiger partial charge is 0.226 e. The molecule has 0 aliphatic heterocycles. The van der Waals surface area contributed by atoms with Crippen molar-refractivity contribution in [2.45, 2.75) is 53.4 Å². The van der Waals surface area contributed by atoms with Crippen LogP contribution < -0.4 is 0 Å². The molecule has 0 aromatic heterocycles. The Hall–Kier alpha value is -1.05. The number of hydrogen-bond donors (Lipinski definition) is 0. The Bertz CT molecular complexity index is 276. The molecule has 0 N–H and O–H groups in total. The first-order valence-electron chi connectivity index (χ1n) is 6.28. The van der Waals surface area contributed by atoms with Crippen molar-refractivity contribution in [2.24, 2.45) is 0 Å². The second-order valence-electron chi connectivity index (χ2n) is 3.87. The minimum Gasteiger partial charge on any atom is -0.319 e. The molecule has 0 bridgehead atoms. The van der Waals surface area contributed by atoms with Gasteiger partial charge in [0.25, 0.3) is 0 Å². The predicted molar refractivity (Wildman–Crippen MR) is 70.1 cm³/mol. The first-order valence-corrected chi connectivity index (χ1v) is 6.28. The van der Waals surface area contributed by atoms with Crippen LogP contribution in [0.4, 0.5) is 0 Å². The van der Waals surface area contributed by atoms with Crippen molar-refractivity contribution in [3.8, 4) is 0 Å². The first-order chi connectivity index (χ1) is 7.65. The summed E-state index contributed by atoms with van der Waals surface area (Å²) in [4.78, 5) is 13.4. The van der Waals surface area contributed by atoms with Gasteiger partial charge in [0.05, 0.1) is 0 Å². The van der Waals surface area contributed by atoms with E-state index in [0.29, 0.717) is 6.42 Å². The van der Waals surface area contributed by atoms with Crippen molar-refractivity contribution in [1.82, 2.24) is 4.90 Å². The standard InChI is InChI=1S/C12H19NO.C2H6/c1-4-5-12(14)13(3)11-8-6-10(2)7-9-11;1-2/h6,8H,4-5,7,9H2,1-3H3;1-2H3. The van der Waals surface area contributed by atoms with Gasteiger partial charge in [0.15, 0.2) is 0 Å². The minimum absolute atomic E-state index is 0.228. The molecule has 2 heteroatoms. The van der Waals surface area contributed by atoms with E-state index in [1.807, 2.05) is 27.8 Å². The monoisotopic (exact) mass is 223 g/mol. The number of allylic oxidation sites excluding steroid dienone is 4. The highest BCUT2D eigenvalue weighted by molar-refractivity contribution is 5.77. The maximum Gasteiger partial charge on any atom is 0.226 e. The highest BCUT2D eigenvalue weighted by Gasteiger charge is 2.13. The van der Waals surface area contributed by atoms with Crippen molar-refractivity contribution >= 4 is 5.91 Å². The average Bonchev–Trinajstić information content (AvgIpc) is 2.32. The summed E-state index contributed by atoms with van der Waals surface area (Å²) in [5, 5.41) is 0. The molecule has 1 rings (SSSR count). The molecule has 0 atom stereocenters. The Labute approximate surface area is 100 Å². The normalized spacial score (nSPS) is 14.3. The average molecular weight is 223 g/mol. The van der Waals surface area contributed by atoms with Crippen LogP contribution in [0.3, 0.4) is 0 Å². The molecule has 92 valence electrons. The van der Waals surface area contributed by atoms with Gasteiger partial charge in [0, 0.05) is 19.2 Å². The second-order valence-corrected chi connectivity index (χ2v) is 3.87. The Kier molecular flexibility index (Phi) is 7.61. The number of carbonyl (C=O) groups is 1. The van der Waals surface area contributed by atoms with Gasteiger partial charge in [0.1, 0.15) is 0 Å². The molecular weight excluding hydrogens is 198 g/mol. The van der Waals surface area contributed by atoms with Gasteiger partial charge in [-0.2, -0.15) is 0 Å². The summed E-state index contributed by atoms with van der Waals surface area (Å²) in [6.07, 6.45) is 7.81. The summed E-state index contributed by atoms with van der Waals surface area (Å²) in [5.41, 5.74) is 2.54. The Morgan fingerprint density at radius 2 is 1.94 bits per heavy atom. The lowest BCUT2D eigenvalue weighted by molar-refractivity contribution is -0.128. The maximum atomic E-state index is 11.6. The molecule has 0 saturated heterocycles. The predicted octanol–water partition coefficient (Wildman–Crippen LogP) is 3.90. The van der Waals surface area contributed by atoms with Gasteiger partial charge in [-0.15, -0.1) is 0 Å². The summed E-state index contributed by atoms with van der Waals surface area (Å²) in [6.45, 7) is 8.16. The maximum absolute atomic E-state index is 11.6. The largest absolute Gasteiger partial charge is 0.319 e. The van der Waals surface area contributed by atoms with Crippen molar-refractivity contribution < 1.29 is 4.79 Å². The molecule has 1 aliphatic carbocycles. The van der Waals surface area contributed by atoms with Gasteiger partial charge in [-0.05, 0) is 32.3 Å². The minimum atomic E-state index is 0.228. The fraction of sp³-hybridized carbons (Fsp3) is 0.643. The van der Waals surface area contributed by atoms with E-state index < -0.39 is 0 Å². The molecule has 0 spiro atoms. The van der Waals surface area contributed by atoms with E-state index >= 15 is 0 Å². The third-order valence-corrected chi connectivity index (χ3v) is 2.60. The molecule has 0 unspecified atom stereocenters. The Morgan fingerprint density at radius 1 is 1.31 bits per heavy atom. The summed E-state index contributed by atoms with van der Waals surface area (Å²) >= 11 is 0. The van der Waals surface area contributed by atoms with Gasteiger partial charge >= 0.3 is 0 Å². The summed E-state index contributed by atoms with van der Waals surface area (Å²) < 4.78 is 0. The Balaban J connectivity index is 0.00000106. The lowest BCUT2D eigenvalue weighted by Crippen LogP contribution is -2.26. The number of carbonyl (C=O) groups excluding carboxylic acids is 1. The fourth-order valence-corrected chi connectivity index (χ4v) is 1.55. The molecule has 0 fully saturated rings. The topological polar surface area (TPSA) is 20.3 Å². The van der Waals surface area contributed by atoms with Crippen LogP contribution in [-0.4, -0.2) is 17.9 Å². The van der Waals surface area contributed by atoms with E-state index in [9.17, 15) is 4.79 Å². The molecule has 0 aromatic carbocycles. The lowest BCUT2D eigenvalue weighted by Gasteiger charge is -2.22. The second kappa shape index (κ2) is 8.14. The van der Waals surface area contributed by atoms with E-state index in [-0.39, 0.29) is 5.91 Å². The zero-order valence-corrected chi connectivity index (χ0v) is 11.3. The van der Waals surface area contributed by atoms with Crippen molar-refractivity contribution in [2.75, 3.05) is 7.05 Å². The Morgan fingerprint density at radius 3 is 2.38 bits per heavy atom.